The lowest BCUT2D eigenvalue weighted by molar-refractivity contribution is -0.122. The Bertz CT molecular complexity index is 1110. The van der Waals surface area contributed by atoms with Gasteiger partial charge in [-0.25, -0.2) is 4.79 Å². The summed E-state index contributed by atoms with van der Waals surface area (Å²) in [5.74, 6) is -0.708. The van der Waals surface area contributed by atoms with Crippen LogP contribution in [0.5, 0.6) is 5.75 Å². The van der Waals surface area contributed by atoms with E-state index < -0.39 is 17.9 Å². The number of rotatable bonds is 3. The summed E-state index contributed by atoms with van der Waals surface area (Å²) in [7, 11) is 0. The monoisotopic (exact) mass is 367 g/mol. The topological polar surface area (TPSA) is 103 Å². The lowest BCUT2D eigenvalue weighted by Crippen LogP contribution is -2.34. The zero-order valence-electron chi connectivity index (χ0n) is 14.7. The maximum atomic E-state index is 12.7. The van der Waals surface area contributed by atoms with Crippen molar-refractivity contribution in [3.05, 3.63) is 53.0 Å². The fraction of sp³-hybridized carbons (Fsp3) is 0.211. The van der Waals surface area contributed by atoms with Gasteiger partial charge in [0.2, 0.25) is 5.91 Å². The van der Waals surface area contributed by atoms with E-state index in [-0.39, 0.29) is 11.8 Å². The highest BCUT2D eigenvalue weighted by Gasteiger charge is 2.25. The van der Waals surface area contributed by atoms with Gasteiger partial charge in [-0.2, -0.15) is 0 Å². The van der Waals surface area contributed by atoms with Gasteiger partial charge in [-0.05, 0) is 44.2 Å². The zero-order valence-corrected chi connectivity index (χ0v) is 14.7. The number of anilines is 2. The van der Waals surface area contributed by atoms with Crippen LogP contribution in [-0.4, -0.2) is 22.5 Å². The number of para-hydroxylation sites is 2. The largest absolute Gasteiger partial charge is 0.479 e. The molecule has 0 bridgehead atoms. The summed E-state index contributed by atoms with van der Waals surface area (Å²) >= 11 is 0. The normalized spacial score (nSPS) is 17.0. The fourth-order valence-corrected chi connectivity index (χ4v) is 3.00. The highest BCUT2D eigenvalue weighted by Crippen LogP contribution is 2.32. The predicted octanol–water partition coefficient (Wildman–Crippen LogP) is 2.51. The summed E-state index contributed by atoms with van der Waals surface area (Å²) in [6.07, 6.45) is -0.570. The quantitative estimate of drug-likeness (QED) is 0.740. The first kappa shape index (κ1) is 16.9. The molecule has 2 unspecified atom stereocenters. The van der Waals surface area contributed by atoms with Crippen molar-refractivity contribution in [2.45, 2.75) is 26.0 Å². The molecule has 0 saturated heterocycles. The van der Waals surface area contributed by atoms with Crippen molar-refractivity contribution >= 4 is 34.3 Å². The summed E-state index contributed by atoms with van der Waals surface area (Å²) < 4.78 is 12.0. The Morgan fingerprint density at radius 3 is 2.81 bits per heavy atom. The van der Waals surface area contributed by atoms with Crippen molar-refractivity contribution in [1.29, 1.82) is 0 Å². The van der Waals surface area contributed by atoms with Crippen molar-refractivity contribution in [3.63, 3.8) is 0 Å². The first-order valence-corrected chi connectivity index (χ1v) is 8.46. The Hall–Kier alpha value is -3.55. The van der Waals surface area contributed by atoms with E-state index in [4.69, 9.17) is 9.15 Å². The summed E-state index contributed by atoms with van der Waals surface area (Å²) in [5.41, 5.74) is 1.93. The summed E-state index contributed by atoms with van der Waals surface area (Å²) in [5, 5.41) is 5.48. The molecule has 2 aromatic carbocycles. The van der Waals surface area contributed by atoms with Gasteiger partial charge < -0.3 is 19.8 Å². The van der Waals surface area contributed by atoms with Gasteiger partial charge in [0.1, 0.15) is 11.8 Å². The molecule has 3 aromatic rings. The molecule has 1 aliphatic heterocycles. The van der Waals surface area contributed by atoms with Crippen LogP contribution < -0.4 is 21.1 Å². The van der Waals surface area contributed by atoms with Gasteiger partial charge in [0.25, 0.3) is 5.91 Å². The third-order valence-electron chi connectivity index (χ3n) is 4.46. The Labute approximate surface area is 153 Å². The van der Waals surface area contributed by atoms with Crippen LogP contribution >= 0.6 is 0 Å². The van der Waals surface area contributed by atoms with E-state index in [0.29, 0.717) is 28.2 Å². The van der Waals surface area contributed by atoms with Crippen molar-refractivity contribution < 1.29 is 18.7 Å². The smallest absolute Gasteiger partial charge is 0.420 e. The third-order valence-corrected chi connectivity index (χ3v) is 4.46. The van der Waals surface area contributed by atoms with E-state index in [2.05, 4.69) is 10.6 Å². The first-order chi connectivity index (χ1) is 12.9. The van der Waals surface area contributed by atoms with Crippen molar-refractivity contribution in [2.75, 3.05) is 10.6 Å². The molecular formula is C19H17N3O5. The van der Waals surface area contributed by atoms with Gasteiger partial charge in [-0.1, -0.05) is 12.1 Å². The van der Waals surface area contributed by atoms with E-state index in [9.17, 15) is 14.4 Å². The van der Waals surface area contributed by atoms with Crippen molar-refractivity contribution in [2.24, 2.45) is 0 Å². The number of nitrogens with one attached hydrogen (secondary N) is 2. The molecule has 2 N–H and O–H groups in total. The molecule has 2 heterocycles. The maximum absolute atomic E-state index is 12.7. The standard InChI is InChI=1S/C19H17N3O5/c1-10(22-14-5-3-4-6-16(14)27-19(22)25)17(23)20-12-7-8-15-13(9-12)21-18(24)11(2)26-15/h3-11H,1-2H3,(H,20,23)(H,21,24). The summed E-state index contributed by atoms with van der Waals surface area (Å²) in [6.45, 7) is 3.27. The number of fused-ring (bicyclic) bond motifs is 2. The number of hydrogen-bond donors (Lipinski definition) is 2. The van der Waals surface area contributed by atoms with E-state index >= 15 is 0 Å². The molecule has 4 rings (SSSR count). The minimum atomic E-state index is -0.789. The molecule has 8 nitrogen and oxygen atoms in total. The molecule has 27 heavy (non-hydrogen) atoms. The fourth-order valence-electron chi connectivity index (χ4n) is 3.00. The molecule has 1 aromatic heterocycles. The lowest BCUT2D eigenvalue weighted by atomic mass is 10.2. The maximum Gasteiger partial charge on any atom is 0.420 e. The molecule has 138 valence electrons. The Morgan fingerprint density at radius 1 is 1.22 bits per heavy atom. The van der Waals surface area contributed by atoms with Crippen LogP contribution in [0, 0.1) is 0 Å². The molecule has 0 saturated carbocycles. The molecule has 8 heteroatoms. The molecule has 2 atom stereocenters. The molecular weight excluding hydrogens is 350 g/mol. The number of amides is 2. The van der Waals surface area contributed by atoms with Crippen LogP contribution in [0.3, 0.4) is 0 Å². The molecule has 2 amide bonds. The van der Waals surface area contributed by atoms with Crippen LogP contribution in [0.2, 0.25) is 0 Å². The second-order valence-corrected chi connectivity index (χ2v) is 6.33. The SMILES string of the molecule is CC1Oc2ccc(NC(=O)C(C)n3c(=O)oc4ccccc43)cc2NC1=O. The van der Waals surface area contributed by atoms with Gasteiger partial charge >= 0.3 is 5.76 Å². The lowest BCUT2D eigenvalue weighted by Gasteiger charge is -2.24. The second-order valence-electron chi connectivity index (χ2n) is 6.33. The number of ether oxygens (including phenoxy) is 1. The van der Waals surface area contributed by atoms with Gasteiger partial charge in [0, 0.05) is 5.69 Å². The van der Waals surface area contributed by atoms with Gasteiger partial charge in [0.05, 0.1) is 11.2 Å². The predicted molar refractivity (Wildman–Crippen MR) is 99.0 cm³/mol. The average Bonchev–Trinajstić information content (AvgIpc) is 2.98. The van der Waals surface area contributed by atoms with Crippen molar-refractivity contribution in [1.82, 2.24) is 4.57 Å². The van der Waals surface area contributed by atoms with Crippen LogP contribution in [0.25, 0.3) is 11.1 Å². The van der Waals surface area contributed by atoms with Crippen LogP contribution in [-0.2, 0) is 9.59 Å². The Morgan fingerprint density at radius 2 is 2.00 bits per heavy atom. The van der Waals surface area contributed by atoms with Gasteiger partial charge in [0.15, 0.2) is 11.7 Å². The number of carbonyl (C=O) groups excluding carboxylic acids is 2. The highest BCUT2D eigenvalue weighted by molar-refractivity contribution is 5.99. The van der Waals surface area contributed by atoms with Crippen LogP contribution in [0.15, 0.2) is 51.7 Å². The number of hydrogen-bond acceptors (Lipinski definition) is 5. The number of nitrogens with zero attached hydrogens (tertiary/aromatic N) is 1. The molecule has 0 aliphatic carbocycles. The third kappa shape index (κ3) is 2.95. The number of benzene rings is 2. The second kappa shape index (κ2) is 6.31. The molecule has 1 aliphatic rings. The van der Waals surface area contributed by atoms with E-state index in [1.165, 1.54) is 4.57 Å². The first-order valence-electron chi connectivity index (χ1n) is 8.46. The minimum absolute atomic E-state index is 0.254. The Balaban J connectivity index is 1.59. The number of carbonyl (C=O) groups is 2. The van der Waals surface area contributed by atoms with Crippen molar-refractivity contribution in [3.8, 4) is 5.75 Å². The zero-order chi connectivity index (χ0) is 19.1. The van der Waals surface area contributed by atoms with Crippen LogP contribution in [0.1, 0.15) is 19.9 Å². The molecule has 0 radical (unpaired) electrons. The van der Waals surface area contributed by atoms with Crippen LogP contribution in [0.4, 0.5) is 11.4 Å². The van der Waals surface area contributed by atoms with E-state index in [0.717, 1.165) is 0 Å². The number of oxazole rings is 1. The Kier molecular flexibility index (Phi) is 3.95. The molecule has 0 fully saturated rings. The van der Waals surface area contributed by atoms with E-state index in [1.54, 1.807) is 56.3 Å². The molecule has 0 spiro atoms. The van der Waals surface area contributed by atoms with Gasteiger partial charge in [-0.15, -0.1) is 0 Å². The van der Waals surface area contributed by atoms with Gasteiger partial charge in [-0.3, -0.25) is 14.2 Å². The number of aromatic nitrogens is 1. The average molecular weight is 367 g/mol. The summed E-state index contributed by atoms with van der Waals surface area (Å²) in [6, 6.07) is 11.1. The van der Waals surface area contributed by atoms with E-state index in [1.807, 2.05) is 0 Å². The highest BCUT2D eigenvalue weighted by atomic mass is 16.5. The minimum Gasteiger partial charge on any atom is -0.479 e. The summed E-state index contributed by atoms with van der Waals surface area (Å²) in [4.78, 5) is 36.6.